The molecule has 0 aliphatic heterocycles. The van der Waals surface area contributed by atoms with Crippen LogP contribution in [-0.4, -0.2) is 29.7 Å². The lowest BCUT2D eigenvalue weighted by atomic mass is 10.1. The summed E-state index contributed by atoms with van der Waals surface area (Å²) in [6.07, 6.45) is 0. The summed E-state index contributed by atoms with van der Waals surface area (Å²) in [5, 5.41) is 10.0. The molecule has 112 valence electrons. The predicted octanol–water partition coefficient (Wildman–Crippen LogP) is 2.46. The van der Waals surface area contributed by atoms with E-state index < -0.39 is 0 Å². The summed E-state index contributed by atoms with van der Waals surface area (Å²) >= 11 is 0. The Labute approximate surface area is 124 Å². The zero-order chi connectivity index (χ0) is 15.3. The molecule has 21 heavy (non-hydrogen) atoms. The first-order chi connectivity index (χ1) is 9.96. The van der Waals surface area contributed by atoms with E-state index in [1.807, 2.05) is 30.3 Å². The Hall–Kier alpha value is -2.14. The fourth-order valence-electron chi connectivity index (χ4n) is 1.83. The number of carbonyl (C=O) groups excluding carboxylic acids is 1. The minimum Gasteiger partial charge on any atom is -0.350 e. The van der Waals surface area contributed by atoms with Gasteiger partial charge < -0.3 is 15.2 Å². The molecule has 2 rings (SSSR count). The molecule has 0 aliphatic rings. The molecule has 0 unspecified atom stereocenters. The monoisotopic (exact) mass is 287 g/mol. The van der Waals surface area contributed by atoms with Gasteiger partial charge in [-0.2, -0.15) is 0 Å². The average molecular weight is 287 g/mol. The Morgan fingerprint density at radius 2 is 1.90 bits per heavy atom. The van der Waals surface area contributed by atoms with E-state index in [1.54, 1.807) is 6.07 Å². The van der Waals surface area contributed by atoms with Crippen LogP contribution in [0.2, 0.25) is 0 Å². The van der Waals surface area contributed by atoms with Gasteiger partial charge in [0.1, 0.15) is 5.69 Å². The molecule has 1 aromatic heterocycles. The van der Waals surface area contributed by atoms with Crippen LogP contribution in [0.5, 0.6) is 0 Å². The number of rotatable bonds is 5. The van der Waals surface area contributed by atoms with Crippen LogP contribution in [0.1, 0.15) is 31.3 Å². The summed E-state index contributed by atoms with van der Waals surface area (Å²) in [5.74, 6) is -0.0231. The molecule has 0 radical (unpaired) electrons. The molecule has 0 bridgehead atoms. The summed E-state index contributed by atoms with van der Waals surface area (Å²) < 4.78 is 5.10. The topological polar surface area (TPSA) is 67.2 Å². The fraction of sp³-hybridized carbons (Fsp3) is 0.375. The average Bonchev–Trinajstić information content (AvgIpc) is 2.93. The van der Waals surface area contributed by atoms with Crippen LogP contribution in [0, 0.1) is 0 Å². The van der Waals surface area contributed by atoms with Gasteiger partial charge in [0.15, 0.2) is 0 Å². The Morgan fingerprint density at radius 3 is 2.57 bits per heavy atom. The highest BCUT2D eigenvalue weighted by molar-refractivity contribution is 5.92. The van der Waals surface area contributed by atoms with Crippen molar-refractivity contribution in [3.8, 4) is 11.3 Å². The molecule has 2 N–H and O–H groups in total. The van der Waals surface area contributed by atoms with Crippen LogP contribution in [0.15, 0.2) is 40.9 Å². The first-order valence-electron chi connectivity index (χ1n) is 7.01. The van der Waals surface area contributed by atoms with E-state index in [9.17, 15) is 4.79 Å². The molecule has 0 saturated heterocycles. The third-order valence-electron chi connectivity index (χ3n) is 2.87. The maximum atomic E-state index is 11.9. The summed E-state index contributed by atoms with van der Waals surface area (Å²) in [4.78, 5) is 11.9. The second-order valence-electron chi connectivity index (χ2n) is 5.88. The van der Waals surface area contributed by atoms with E-state index >= 15 is 0 Å². The lowest BCUT2D eigenvalue weighted by Gasteiger charge is -2.20. The van der Waals surface area contributed by atoms with Crippen molar-refractivity contribution in [2.45, 2.75) is 26.3 Å². The van der Waals surface area contributed by atoms with Gasteiger partial charge in [0, 0.05) is 30.3 Å². The van der Waals surface area contributed by atoms with Crippen molar-refractivity contribution >= 4 is 5.91 Å². The first kappa shape index (κ1) is 15.3. The fourth-order valence-corrected chi connectivity index (χ4v) is 1.83. The van der Waals surface area contributed by atoms with E-state index in [-0.39, 0.29) is 17.2 Å². The van der Waals surface area contributed by atoms with Crippen LogP contribution >= 0.6 is 0 Å². The maximum absolute atomic E-state index is 11.9. The number of amides is 1. The lowest BCUT2D eigenvalue weighted by molar-refractivity contribution is 0.0916. The van der Waals surface area contributed by atoms with Crippen LogP contribution in [0.4, 0.5) is 0 Å². The van der Waals surface area contributed by atoms with Gasteiger partial charge in [0.05, 0.1) is 0 Å². The molecular weight excluding hydrogens is 266 g/mol. The first-order valence-corrected chi connectivity index (χ1v) is 7.01. The highest BCUT2D eigenvalue weighted by atomic mass is 16.5. The number of benzene rings is 1. The predicted molar refractivity (Wildman–Crippen MR) is 82.0 cm³/mol. The van der Waals surface area contributed by atoms with Crippen LogP contribution in [0.3, 0.4) is 0 Å². The van der Waals surface area contributed by atoms with Crippen LogP contribution in [0.25, 0.3) is 11.3 Å². The molecule has 2 aromatic rings. The summed E-state index contributed by atoms with van der Waals surface area (Å²) in [6.45, 7) is 7.48. The molecule has 5 heteroatoms. The maximum Gasteiger partial charge on any atom is 0.289 e. The highest BCUT2D eigenvalue weighted by Crippen LogP contribution is 2.18. The molecular formula is C16H21N3O2. The SMILES string of the molecule is CC(C)(C)NCCNC(=O)c1cc(-c2ccccc2)no1. The molecule has 5 nitrogen and oxygen atoms in total. The van der Waals surface area contributed by atoms with E-state index in [2.05, 4.69) is 36.6 Å². The summed E-state index contributed by atoms with van der Waals surface area (Å²) in [6, 6.07) is 11.3. The zero-order valence-corrected chi connectivity index (χ0v) is 12.6. The third-order valence-corrected chi connectivity index (χ3v) is 2.87. The Morgan fingerprint density at radius 1 is 1.19 bits per heavy atom. The molecule has 0 spiro atoms. The van der Waals surface area contributed by atoms with Crippen LogP contribution < -0.4 is 10.6 Å². The second-order valence-corrected chi connectivity index (χ2v) is 5.88. The smallest absolute Gasteiger partial charge is 0.289 e. The quantitative estimate of drug-likeness (QED) is 0.829. The molecule has 1 aromatic carbocycles. The number of nitrogens with zero attached hydrogens (tertiary/aromatic N) is 1. The van der Waals surface area contributed by atoms with Gasteiger partial charge >= 0.3 is 0 Å². The molecule has 0 aliphatic carbocycles. The van der Waals surface area contributed by atoms with Gasteiger partial charge in [-0.1, -0.05) is 35.5 Å². The summed E-state index contributed by atoms with van der Waals surface area (Å²) in [5.41, 5.74) is 1.63. The number of aromatic nitrogens is 1. The van der Waals surface area contributed by atoms with Crippen molar-refractivity contribution < 1.29 is 9.32 Å². The standard InChI is InChI=1S/C16H21N3O2/c1-16(2,3)18-10-9-17-15(20)14-11-13(19-21-14)12-7-5-4-6-8-12/h4-8,11,18H,9-10H2,1-3H3,(H,17,20). The minimum absolute atomic E-state index is 0.0391. The van der Waals surface area contributed by atoms with E-state index in [4.69, 9.17) is 4.52 Å². The van der Waals surface area contributed by atoms with Crippen molar-refractivity contribution in [1.82, 2.24) is 15.8 Å². The van der Waals surface area contributed by atoms with Crippen molar-refractivity contribution in [2.24, 2.45) is 0 Å². The largest absolute Gasteiger partial charge is 0.350 e. The molecule has 0 atom stereocenters. The van der Waals surface area contributed by atoms with Gasteiger partial charge in [-0.05, 0) is 20.8 Å². The van der Waals surface area contributed by atoms with Crippen LogP contribution in [-0.2, 0) is 0 Å². The molecule has 1 amide bonds. The minimum atomic E-state index is -0.250. The van der Waals surface area contributed by atoms with Crippen molar-refractivity contribution in [2.75, 3.05) is 13.1 Å². The van der Waals surface area contributed by atoms with E-state index in [1.165, 1.54) is 0 Å². The lowest BCUT2D eigenvalue weighted by Crippen LogP contribution is -2.41. The Balaban J connectivity index is 1.88. The van der Waals surface area contributed by atoms with Crippen molar-refractivity contribution in [3.05, 3.63) is 42.2 Å². The molecule has 0 fully saturated rings. The Kier molecular flexibility index (Phi) is 4.75. The second kappa shape index (κ2) is 6.54. The molecule has 0 saturated carbocycles. The molecule has 1 heterocycles. The third kappa shape index (κ3) is 4.72. The van der Waals surface area contributed by atoms with Gasteiger partial charge in [0.2, 0.25) is 5.76 Å². The van der Waals surface area contributed by atoms with Crippen molar-refractivity contribution in [1.29, 1.82) is 0 Å². The highest BCUT2D eigenvalue weighted by Gasteiger charge is 2.14. The van der Waals surface area contributed by atoms with E-state index in [0.717, 1.165) is 5.56 Å². The Bertz CT molecular complexity index is 585. The number of hydrogen-bond acceptors (Lipinski definition) is 4. The van der Waals surface area contributed by atoms with Gasteiger partial charge in [-0.25, -0.2) is 0 Å². The normalized spacial score (nSPS) is 11.4. The van der Waals surface area contributed by atoms with Crippen molar-refractivity contribution in [3.63, 3.8) is 0 Å². The van der Waals surface area contributed by atoms with E-state index in [0.29, 0.717) is 18.8 Å². The zero-order valence-electron chi connectivity index (χ0n) is 12.6. The number of nitrogens with one attached hydrogen (secondary N) is 2. The summed E-state index contributed by atoms with van der Waals surface area (Å²) in [7, 11) is 0. The van der Waals surface area contributed by atoms with Gasteiger partial charge in [0.25, 0.3) is 5.91 Å². The van der Waals surface area contributed by atoms with Gasteiger partial charge in [-0.15, -0.1) is 0 Å². The van der Waals surface area contributed by atoms with Gasteiger partial charge in [-0.3, -0.25) is 4.79 Å². The number of hydrogen-bond donors (Lipinski definition) is 2. The number of carbonyl (C=O) groups is 1.